The summed E-state index contributed by atoms with van der Waals surface area (Å²) >= 11 is 0. The second-order valence-electron chi connectivity index (χ2n) is 31.3. The molecule has 2 aliphatic carbocycles. The van der Waals surface area contributed by atoms with Gasteiger partial charge in [0, 0.05) is 61.5 Å². The number of carbonyl (C=O) groups is 10. The number of methoxy groups -OCH3 is 1. The van der Waals surface area contributed by atoms with E-state index in [2.05, 4.69) is 47.3 Å². The Bertz CT molecular complexity index is 5020. The number of aryl methyl sites for hydroxylation is 1. The molecule has 7 atom stereocenters. The number of rotatable bonds is 56. The van der Waals surface area contributed by atoms with Gasteiger partial charge in [-0.3, -0.25) is 43.2 Å². The maximum atomic E-state index is 15.7. The minimum Gasteiger partial charge on any atom is -0.458 e. The lowest BCUT2D eigenvalue weighted by molar-refractivity contribution is -0.172. The molecule has 41 heteroatoms. The molecule has 0 fully saturated rings. The largest absolute Gasteiger partial charge is 0.458 e. The Labute approximate surface area is 751 Å². The highest BCUT2D eigenvalue weighted by atomic mass is 19.2. The van der Waals surface area contributed by atoms with Crippen molar-refractivity contribution in [3.8, 4) is 28.3 Å². The molecule has 131 heavy (non-hydrogen) atoms. The Kier molecular flexibility index (Phi) is 39.3. The van der Waals surface area contributed by atoms with Crippen molar-refractivity contribution in [1.82, 2.24) is 52.1 Å². The van der Waals surface area contributed by atoms with Gasteiger partial charge in [0.2, 0.25) is 76.2 Å². The van der Waals surface area contributed by atoms with E-state index in [0.717, 1.165) is 29.2 Å². The van der Waals surface area contributed by atoms with Crippen LogP contribution < -0.4 is 52.8 Å². The van der Waals surface area contributed by atoms with Gasteiger partial charge in [0.1, 0.15) is 55.8 Å². The van der Waals surface area contributed by atoms with Crippen molar-refractivity contribution in [2.45, 2.75) is 160 Å². The summed E-state index contributed by atoms with van der Waals surface area (Å²) in [5.41, 5.74) is 3.93. The zero-order valence-corrected chi connectivity index (χ0v) is 73.8. The molecule has 9 N–H and O–H groups in total. The predicted molar refractivity (Wildman–Crippen MR) is 455 cm³/mol. The average molecular weight is 1850 g/mol. The molecular weight excluding hydrogens is 1740 g/mol. The fourth-order valence-corrected chi connectivity index (χ4v) is 15.3. The molecule has 2 aromatic heterocycles. The molecule has 0 spiro atoms. The first-order valence-corrected chi connectivity index (χ1v) is 43.5. The maximum absolute atomic E-state index is 15.7. The molecule has 0 bridgehead atoms. The third-order valence-electron chi connectivity index (χ3n) is 22.3. The van der Waals surface area contributed by atoms with E-state index in [9.17, 15) is 79.8 Å². The van der Waals surface area contributed by atoms with E-state index in [1.54, 1.807) is 21.0 Å². The topological polar surface area (TPSA) is 442 Å². The molecule has 0 saturated carbocycles. The number of nitrogens with zero attached hydrogens (tertiary/aromatic N) is 2. The molecule has 4 aliphatic rings. The highest BCUT2D eigenvalue weighted by Crippen LogP contribution is 2.47. The first kappa shape index (κ1) is 102. The Hall–Kier alpha value is -11.1. The molecule has 0 unspecified atom stereocenters. The van der Waals surface area contributed by atoms with Crippen molar-refractivity contribution < 1.29 is 141 Å². The second-order valence-corrected chi connectivity index (χ2v) is 31.3. The number of hydrogen-bond donors (Lipinski definition) is 9. The number of fused-ring (bicyclic) bond motifs is 8. The fraction of sp³-hybridized carbons (Fsp3) is 0.533. The molecule has 714 valence electrons. The monoisotopic (exact) mass is 1850 g/mol. The van der Waals surface area contributed by atoms with E-state index in [1.165, 1.54) is 30.5 Å². The van der Waals surface area contributed by atoms with Crippen LogP contribution >= 0.6 is 0 Å². The Morgan fingerprint density at radius 1 is 0.565 bits per heavy atom. The summed E-state index contributed by atoms with van der Waals surface area (Å²) in [5.74, 6) is -23.7. The lowest BCUT2D eigenvalue weighted by Crippen LogP contribution is -2.56. The normalized spacial score (nSPS) is 15.7. The smallest absolute Gasteiger partial charge is 0.407 e. The number of benzene rings is 4. The Morgan fingerprint density at radius 3 is 1.63 bits per heavy atom. The number of pyridine rings is 2. The molecule has 10 rings (SSSR count). The van der Waals surface area contributed by atoms with Gasteiger partial charge < -0.3 is 114 Å². The SMILES string of the molecule is CC[C@@]1(O)C(=O)OCc2c1cc1n(c2=O)Cc2c-1nc1cc(F)c(C)c3c1c2[C@@H](NC(=O)[C@H](C)NC(=O)[C@H](C)NC(=O)[C@H](C)NC(=O)[C@H](CCC(=O)Oc1c(F)c(F)c(F)c(F)c1F)NC(=O)CCCNC(=O)[C@H](CCCCNC(=O)COCCOCCOCCOCCOCCOCCOCCOCCOCCOC)NC(=O)OCC1c2ccccc2-c2ccccc21)CC3. The van der Waals surface area contributed by atoms with E-state index >= 15 is 4.39 Å². The lowest BCUT2D eigenvalue weighted by atomic mass is 9.81. The van der Waals surface area contributed by atoms with Crippen molar-refractivity contribution >= 4 is 70.3 Å². The summed E-state index contributed by atoms with van der Waals surface area (Å²) in [6.07, 6.45) is -2.38. The molecule has 8 amide bonds. The number of amides is 8. The zero-order valence-electron chi connectivity index (χ0n) is 73.8. The maximum Gasteiger partial charge on any atom is 0.407 e. The number of halogens is 6. The van der Waals surface area contributed by atoms with Crippen LogP contribution in [0.1, 0.15) is 142 Å². The van der Waals surface area contributed by atoms with E-state index in [-0.39, 0.29) is 125 Å². The van der Waals surface area contributed by atoms with Crippen molar-refractivity contribution in [3.05, 3.63) is 150 Å². The van der Waals surface area contributed by atoms with Crippen molar-refractivity contribution in [2.24, 2.45) is 0 Å². The molecule has 35 nitrogen and oxygen atoms in total. The van der Waals surface area contributed by atoms with Crippen LogP contribution in [0, 0.1) is 41.8 Å². The quantitative estimate of drug-likeness (QED) is 0.00559. The van der Waals surface area contributed by atoms with Gasteiger partial charge in [0.25, 0.3) is 5.56 Å². The number of unbranched alkanes of at least 4 members (excludes halogenated alkanes) is 1. The number of cyclic esters (lactones) is 1. The molecular formula is C90H112F6N10O25. The van der Waals surface area contributed by atoms with Crippen LogP contribution in [0.2, 0.25) is 0 Å². The molecule has 4 aromatic carbocycles. The lowest BCUT2D eigenvalue weighted by Gasteiger charge is -2.31. The highest BCUT2D eigenvalue weighted by molar-refractivity contribution is 5.97. The Morgan fingerprint density at radius 2 is 1.08 bits per heavy atom. The first-order chi connectivity index (χ1) is 63.1. The van der Waals surface area contributed by atoms with Crippen molar-refractivity contribution in [1.29, 1.82) is 0 Å². The summed E-state index contributed by atoms with van der Waals surface area (Å²) in [7, 11) is 1.61. The van der Waals surface area contributed by atoms with Gasteiger partial charge in [-0.2, -0.15) is 8.78 Å². The third kappa shape index (κ3) is 27.5. The number of carbonyl (C=O) groups excluding carboxylic acids is 10. The van der Waals surface area contributed by atoms with Crippen LogP contribution in [0.5, 0.6) is 5.75 Å². The van der Waals surface area contributed by atoms with E-state index in [0.29, 0.717) is 133 Å². The van der Waals surface area contributed by atoms with Gasteiger partial charge >= 0.3 is 18.0 Å². The third-order valence-corrected chi connectivity index (χ3v) is 22.3. The van der Waals surface area contributed by atoms with Crippen molar-refractivity contribution in [3.63, 3.8) is 0 Å². The summed E-state index contributed by atoms with van der Waals surface area (Å²) < 4.78 is 158. The van der Waals surface area contributed by atoms with Crippen LogP contribution in [0.4, 0.5) is 31.1 Å². The van der Waals surface area contributed by atoms with Gasteiger partial charge in [-0.15, -0.1) is 0 Å². The van der Waals surface area contributed by atoms with E-state index in [4.69, 9.17) is 61.8 Å². The van der Waals surface area contributed by atoms with E-state index in [1.807, 2.05) is 48.5 Å². The minimum absolute atomic E-state index is 0.0298. The van der Waals surface area contributed by atoms with Crippen LogP contribution in [0.3, 0.4) is 0 Å². The molecule has 0 saturated heterocycles. The number of hydrogen-bond acceptors (Lipinski definition) is 26. The van der Waals surface area contributed by atoms with Crippen LogP contribution in [0.25, 0.3) is 33.4 Å². The number of aromatic nitrogens is 2. The summed E-state index contributed by atoms with van der Waals surface area (Å²) in [4.78, 5) is 155. The van der Waals surface area contributed by atoms with Crippen LogP contribution in [0.15, 0.2) is 65.5 Å². The molecule has 4 heterocycles. The first-order valence-electron chi connectivity index (χ1n) is 43.5. The number of alkyl carbamates (subject to hydrolysis) is 1. The van der Waals surface area contributed by atoms with Gasteiger partial charge in [-0.1, -0.05) is 55.5 Å². The van der Waals surface area contributed by atoms with E-state index < -0.39 is 173 Å². The van der Waals surface area contributed by atoms with Crippen molar-refractivity contribution in [2.75, 3.05) is 152 Å². The summed E-state index contributed by atoms with van der Waals surface area (Å²) in [5, 5.41) is 32.7. The molecule has 2 aliphatic heterocycles. The standard InChI is InChI=1S/C90H112F6N10O25/c1-7-90(118)63-45-69-80-60(47-106(69)87(115)62(63)49-129-88(90)116)74-65(22-21-55-51(2)64(91)46-68(103-80)73(55)74)104-84(112)54(5)100-82(110)52(3)99-83(111)53(4)101-86(114)67(23-24-72(109)131-81-78(95)76(93)75(92)77(94)79(81)96)102-70(107)20-14-26-98-85(113)66(105-89(117)130-48-61-58-17-10-8-15-56(58)57-16-9-11-18-59(57)61)19-12-13-25-97-71(108)50-128-44-43-127-42-41-126-40-39-125-38-37-124-36-35-123-34-33-122-32-31-121-30-29-120-28-27-119-6/h8-11,15-18,45-46,52-54,61,65-67,118H,7,12-14,19-44,47-50H2,1-6H3,(H,97,108)(H,98,113)(H,99,111)(H,100,110)(H,101,114)(H,102,107)(H,104,112)(H,105,117)/t52-,53-,54-,65-,66-,67-,90-/m0/s1. The predicted octanol–water partition coefficient (Wildman–Crippen LogP) is 5.60. The second kappa shape index (κ2) is 50.5. The minimum atomic E-state index is -2.55. The Balaban J connectivity index is 0.669. The highest BCUT2D eigenvalue weighted by Gasteiger charge is 2.47. The molecule has 6 aromatic rings. The summed E-state index contributed by atoms with van der Waals surface area (Å²) in [6, 6.07) is 9.88. The van der Waals surface area contributed by atoms with Gasteiger partial charge in [0.15, 0.2) is 5.60 Å². The van der Waals surface area contributed by atoms with Crippen LogP contribution in [-0.4, -0.2) is 257 Å². The van der Waals surface area contributed by atoms with Gasteiger partial charge in [-0.05, 0) is 124 Å². The van der Waals surface area contributed by atoms with Gasteiger partial charge in [-0.25, -0.2) is 32.1 Å². The number of esters is 2. The number of ether oxygens (including phenoxy) is 13. The zero-order chi connectivity index (χ0) is 94.3. The van der Waals surface area contributed by atoms with Gasteiger partial charge in [0.05, 0.1) is 154 Å². The summed E-state index contributed by atoms with van der Waals surface area (Å²) in [6.45, 7) is 13.1. The number of aliphatic hydroxyl groups is 1. The average Bonchev–Trinajstić information content (AvgIpc) is 1.58. The number of nitrogens with one attached hydrogen (secondary N) is 8. The van der Waals surface area contributed by atoms with Crippen LogP contribution in [-0.2, 0) is 125 Å². The molecule has 0 radical (unpaired) electrons. The fourth-order valence-electron chi connectivity index (χ4n) is 15.3.